The van der Waals surface area contributed by atoms with Crippen LogP contribution in [0.1, 0.15) is 26.3 Å². The highest BCUT2D eigenvalue weighted by Crippen LogP contribution is 2.15. The summed E-state index contributed by atoms with van der Waals surface area (Å²) in [7, 11) is 4.04. The van der Waals surface area contributed by atoms with Gasteiger partial charge in [0.05, 0.1) is 6.54 Å². The number of likely N-dealkylation sites (N-methyl/N-ethyl adjacent to an activating group) is 1. The van der Waals surface area contributed by atoms with E-state index >= 15 is 0 Å². The number of benzene rings is 1. The van der Waals surface area contributed by atoms with Crippen molar-refractivity contribution in [3.05, 3.63) is 29.8 Å². The predicted molar refractivity (Wildman–Crippen MR) is 131 cm³/mol. The molecule has 1 aliphatic rings. The van der Waals surface area contributed by atoms with E-state index in [2.05, 4.69) is 9.89 Å². The summed E-state index contributed by atoms with van der Waals surface area (Å²) in [6, 6.07) is 7.91. The van der Waals surface area contributed by atoms with E-state index in [9.17, 15) is 4.79 Å². The maximum absolute atomic E-state index is 12.2. The number of aliphatic imine (C=N–C) groups is 1. The topological polar surface area (TPSA) is 83.6 Å². The van der Waals surface area contributed by atoms with Gasteiger partial charge in [0.2, 0.25) is 0 Å². The van der Waals surface area contributed by atoms with Crippen LogP contribution in [0.25, 0.3) is 0 Å². The summed E-state index contributed by atoms with van der Waals surface area (Å²) in [6.07, 6.45) is -0.279. The minimum atomic E-state index is -0.487. The highest BCUT2D eigenvalue weighted by molar-refractivity contribution is 14.0. The number of rotatable bonds is 6. The van der Waals surface area contributed by atoms with E-state index in [0.717, 1.165) is 17.9 Å². The molecule has 0 spiro atoms. The summed E-state index contributed by atoms with van der Waals surface area (Å²) in [6.45, 7) is 10.0. The predicted octanol–water partition coefficient (Wildman–Crippen LogP) is 2.61. The summed E-state index contributed by atoms with van der Waals surface area (Å²) >= 11 is 0. The minimum absolute atomic E-state index is 0. The third-order valence-corrected chi connectivity index (χ3v) is 4.38. The highest BCUT2D eigenvalue weighted by Gasteiger charge is 2.26. The fraction of sp³-hybridized carbons (Fsp3) is 0.619. The van der Waals surface area contributed by atoms with E-state index in [4.69, 9.17) is 15.2 Å². The second-order valence-corrected chi connectivity index (χ2v) is 8.43. The number of ether oxygens (including phenoxy) is 2. The standard InChI is InChI=1S/C21H35N5O3.HI/c1-21(2,3)29-20(27)26-11-9-25(10-12-26)19(22)23-16-17-7-6-8-18(15-17)28-14-13-24(4)5;/h6-8,15H,9-14,16H2,1-5H3,(H2,22,23);1H. The van der Waals surface area contributed by atoms with Crippen molar-refractivity contribution in [1.82, 2.24) is 14.7 Å². The molecule has 0 bridgehead atoms. The zero-order chi connectivity index (χ0) is 21.4. The minimum Gasteiger partial charge on any atom is -0.492 e. The molecule has 170 valence electrons. The lowest BCUT2D eigenvalue weighted by Gasteiger charge is -2.36. The van der Waals surface area contributed by atoms with E-state index in [1.165, 1.54) is 0 Å². The molecule has 1 fully saturated rings. The summed E-state index contributed by atoms with van der Waals surface area (Å²) < 4.78 is 11.2. The van der Waals surface area contributed by atoms with Gasteiger partial charge in [0.1, 0.15) is 18.0 Å². The molecule has 2 N–H and O–H groups in total. The molecule has 30 heavy (non-hydrogen) atoms. The number of halogens is 1. The Morgan fingerprint density at radius 1 is 1.17 bits per heavy atom. The van der Waals surface area contributed by atoms with Gasteiger partial charge in [-0.15, -0.1) is 24.0 Å². The van der Waals surface area contributed by atoms with Crippen LogP contribution in [0, 0.1) is 0 Å². The summed E-state index contributed by atoms with van der Waals surface area (Å²) in [4.78, 5) is 22.5. The van der Waals surface area contributed by atoms with Gasteiger partial charge in [-0.3, -0.25) is 0 Å². The van der Waals surface area contributed by atoms with Gasteiger partial charge in [-0.1, -0.05) is 12.1 Å². The molecule has 1 heterocycles. The SMILES string of the molecule is CN(C)CCOc1cccc(CN=C(N)N2CCN(C(=O)OC(C)(C)C)CC2)c1.I. The Bertz CT molecular complexity index is 698. The van der Waals surface area contributed by atoms with Crippen LogP contribution in [0.5, 0.6) is 5.75 Å². The molecule has 0 aromatic heterocycles. The average Bonchev–Trinajstić information content (AvgIpc) is 2.65. The maximum atomic E-state index is 12.2. The Morgan fingerprint density at radius 3 is 2.40 bits per heavy atom. The number of carbonyl (C=O) groups excluding carboxylic acids is 1. The van der Waals surface area contributed by atoms with Crippen LogP contribution in [0.4, 0.5) is 4.79 Å². The Morgan fingerprint density at radius 2 is 1.80 bits per heavy atom. The van der Waals surface area contributed by atoms with Gasteiger partial charge in [-0.2, -0.15) is 0 Å². The van der Waals surface area contributed by atoms with Crippen molar-refractivity contribution >= 4 is 36.0 Å². The molecule has 1 saturated heterocycles. The Kier molecular flexibility index (Phi) is 10.7. The third kappa shape index (κ3) is 9.38. The van der Waals surface area contributed by atoms with E-state index in [1.54, 1.807) is 4.90 Å². The van der Waals surface area contributed by atoms with Crippen LogP contribution < -0.4 is 10.5 Å². The second-order valence-electron chi connectivity index (χ2n) is 8.43. The summed E-state index contributed by atoms with van der Waals surface area (Å²) in [5.41, 5.74) is 6.73. The van der Waals surface area contributed by atoms with Crippen LogP contribution in [-0.2, 0) is 11.3 Å². The van der Waals surface area contributed by atoms with Crippen LogP contribution in [-0.4, -0.2) is 85.8 Å². The van der Waals surface area contributed by atoms with E-state index in [0.29, 0.717) is 45.3 Å². The van der Waals surface area contributed by atoms with Gasteiger partial charge in [-0.05, 0) is 52.6 Å². The molecule has 9 heteroatoms. The van der Waals surface area contributed by atoms with Crippen molar-refractivity contribution in [1.29, 1.82) is 0 Å². The van der Waals surface area contributed by atoms with Crippen molar-refractivity contribution in [2.45, 2.75) is 32.9 Å². The molecule has 0 atom stereocenters. The van der Waals surface area contributed by atoms with Crippen molar-refractivity contribution in [3.63, 3.8) is 0 Å². The van der Waals surface area contributed by atoms with E-state index in [1.807, 2.05) is 64.0 Å². The Hall–Kier alpha value is -1.75. The first-order valence-electron chi connectivity index (χ1n) is 10.0. The molecule has 0 aliphatic carbocycles. The Labute approximate surface area is 197 Å². The molecule has 0 unspecified atom stereocenters. The smallest absolute Gasteiger partial charge is 0.410 e. The fourth-order valence-electron chi connectivity index (χ4n) is 2.80. The molecule has 1 amide bonds. The van der Waals surface area contributed by atoms with Gasteiger partial charge in [0, 0.05) is 32.7 Å². The number of nitrogens with two attached hydrogens (primary N) is 1. The highest BCUT2D eigenvalue weighted by atomic mass is 127. The van der Waals surface area contributed by atoms with Gasteiger partial charge in [-0.25, -0.2) is 9.79 Å². The van der Waals surface area contributed by atoms with Crippen LogP contribution in [0.15, 0.2) is 29.3 Å². The lowest BCUT2D eigenvalue weighted by atomic mass is 10.2. The average molecular weight is 533 g/mol. The molecule has 1 aromatic carbocycles. The molecular formula is C21H36IN5O3. The summed E-state index contributed by atoms with van der Waals surface area (Å²) in [5.74, 6) is 1.33. The first-order chi connectivity index (χ1) is 13.6. The zero-order valence-electron chi connectivity index (χ0n) is 18.8. The molecule has 0 radical (unpaired) electrons. The van der Waals surface area contributed by atoms with Crippen molar-refractivity contribution in [2.75, 3.05) is 53.4 Å². The van der Waals surface area contributed by atoms with Gasteiger partial charge < -0.3 is 29.9 Å². The molecule has 8 nitrogen and oxygen atoms in total. The number of hydrogen-bond donors (Lipinski definition) is 1. The number of piperazine rings is 1. The Balaban J connectivity index is 0.00000450. The van der Waals surface area contributed by atoms with Crippen LogP contribution >= 0.6 is 24.0 Å². The first-order valence-corrected chi connectivity index (χ1v) is 10.0. The lowest BCUT2D eigenvalue weighted by molar-refractivity contribution is 0.0186. The fourth-order valence-corrected chi connectivity index (χ4v) is 2.80. The molecule has 1 aromatic rings. The number of carbonyl (C=O) groups is 1. The van der Waals surface area contributed by atoms with E-state index in [-0.39, 0.29) is 30.1 Å². The van der Waals surface area contributed by atoms with Gasteiger partial charge in [0.25, 0.3) is 0 Å². The molecule has 1 aliphatic heterocycles. The first kappa shape index (κ1) is 26.3. The third-order valence-electron chi connectivity index (χ3n) is 4.38. The summed E-state index contributed by atoms with van der Waals surface area (Å²) in [5, 5.41) is 0. The lowest BCUT2D eigenvalue weighted by Crippen LogP contribution is -2.53. The number of amides is 1. The molecule has 0 saturated carbocycles. The normalized spacial score (nSPS) is 15.1. The second kappa shape index (κ2) is 12.2. The quantitative estimate of drug-likeness (QED) is 0.344. The molecule has 2 rings (SSSR count). The van der Waals surface area contributed by atoms with E-state index < -0.39 is 5.60 Å². The zero-order valence-corrected chi connectivity index (χ0v) is 21.1. The largest absolute Gasteiger partial charge is 0.492 e. The van der Waals surface area contributed by atoms with Gasteiger partial charge >= 0.3 is 6.09 Å². The van der Waals surface area contributed by atoms with Crippen molar-refractivity contribution in [3.8, 4) is 5.75 Å². The number of guanidine groups is 1. The van der Waals surface area contributed by atoms with Crippen LogP contribution in [0.3, 0.4) is 0 Å². The van der Waals surface area contributed by atoms with Crippen molar-refractivity contribution in [2.24, 2.45) is 10.7 Å². The van der Waals surface area contributed by atoms with Crippen LogP contribution in [0.2, 0.25) is 0 Å². The molecular weight excluding hydrogens is 497 g/mol. The number of hydrogen-bond acceptors (Lipinski definition) is 5. The monoisotopic (exact) mass is 533 g/mol. The van der Waals surface area contributed by atoms with Crippen molar-refractivity contribution < 1.29 is 14.3 Å². The van der Waals surface area contributed by atoms with Gasteiger partial charge in [0.15, 0.2) is 5.96 Å². The maximum Gasteiger partial charge on any atom is 0.410 e. The number of nitrogens with zero attached hydrogens (tertiary/aromatic N) is 4.